The van der Waals surface area contributed by atoms with Crippen LogP contribution in [0.1, 0.15) is 50.3 Å². The highest BCUT2D eigenvalue weighted by molar-refractivity contribution is 5.98. The molecule has 0 saturated heterocycles. The minimum atomic E-state index is -1.88. The Bertz CT molecular complexity index is 1540. The summed E-state index contributed by atoms with van der Waals surface area (Å²) >= 11 is 0. The second-order valence-corrected chi connectivity index (χ2v) is 12.3. The minimum absolute atomic E-state index is 0.00904. The third-order valence-corrected chi connectivity index (χ3v) is 9.44. The Morgan fingerprint density at radius 1 is 0.841 bits per heavy atom. The Hall–Kier alpha value is -4.10. The highest BCUT2D eigenvalue weighted by Gasteiger charge is 2.60. The van der Waals surface area contributed by atoms with Crippen LogP contribution in [0.15, 0.2) is 126 Å². The molecular formula is C38H38O6. The lowest BCUT2D eigenvalue weighted by atomic mass is 9.65. The fourth-order valence-electron chi connectivity index (χ4n) is 7.44. The van der Waals surface area contributed by atoms with Crippen LogP contribution < -0.4 is 0 Å². The van der Waals surface area contributed by atoms with Gasteiger partial charge in [0.1, 0.15) is 17.0 Å². The molecule has 3 aliphatic rings. The van der Waals surface area contributed by atoms with Crippen molar-refractivity contribution >= 4 is 11.8 Å². The van der Waals surface area contributed by atoms with Gasteiger partial charge in [0.15, 0.2) is 11.4 Å². The molecule has 3 aromatic carbocycles. The Morgan fingerprint density at radius 3 is 1.86 bits per heavy atom. The molecule has 6 heteroatoms. The zero-order valence-corrected chi connectivity index (χ0v) is 25.3. The first-order chi connectivity index (χ1) is 21.1. The van der Waals surface area contributed by atoms with Crippen LogP contribution in [-0.4, -0.2) is 39.8 Å². The summed E-state index contributed by atoms with van der Waals surface area (Å²) in [5.74, 6) is -1.95. The first-order valence-corrected chi connectivity index (χ1v) is 15.2. The minimum Gasteiger partial charge on any atom is -0.432 e. The number of ketones is 1. The summed E-state index contributed by atoms with van der Waals surface area (Å²) in [5.41, 5.74) is -0.637. The van der Waals surface area contributed by atoms with Gasteiger partial charge in [-0.15, -0.1) is 0 Å². The second kappa shape index (κ2) is 11.4. The van der Waals surface area contributed by atoms with Crippen LogP contribution in [0.5, 0.6) is 0 Å². The van der Waals surface area contributed by atoms with E-state index in [1.807, 2.05) is 104 Å². The molecule has 0 spiro atoms. The third kappa shape index (κ3) is 4.87. The number of fused-ring (bicyclic) bond motifs is 3. The molecule has 6 nitrogen and oxygen atoms in total. The predicted molar refractivity (Wildman–Crippen MR) is 167 cm³/mol. The van der Waals surface area contributed by atoms with Crippen LogP contribution in [0.3, 0.4) is 0 Å². The second-order valence-electron chi connectivity index (χ2n) is 12.3. The molecule has 3 aromatic rings. The van der Waals surface area contributed by atoms with Crippen molar-refractivity contribution in [2.24, 2.45) is 17.8 Å². The van der Waals surface area contributed by atoms with E-state index in [-0.39, 0.29) is 25.2 Å². The monoisotopic (exact) mass is 590 g/mol. The van der Waals surface area contributed by atoms with Crippen molar-refractivity contribution in [2.45, 2.75) is 50.4 Å². The third-order valence-electron chi connectivity index (χ3n) is 9.44. The normalized spacial score (nSPS) is 28.2. The van der Waals surface area contributed by atoms with E-state index in [0.29, 0.717) is 16.9 Å². The Kier molecular flexibility index (Phi) is 7.78. The van der Waals surface area contributed by atoms with Crippen molar-refractivity contribution in [2.75, 3.05) is 6.61 Å². The van der Waals surface area contributed by atoms with E-state index in [1.165, 1.54) is 6.92 Å². The average molecular weight is 591 g/mol. The van der Waals surface area contributed by atoms with Crippen molar-refractivity contribution in [3.8, 4) is 0 Å². The van der Waals surface area contributed by atoms with E-state index in [4.69, 9.17) is 9.47 Å². The SMILES string of the molecule is CC(=O)OC1=C[C@@H](C)[C@]2(O)C3=CC(C)C(=O)[C@@]3(O)CC(COC(c3ccccc3)(c3ccccc3)c3ccccc3)=C[C@H]2C1. The van der Waals surface area contributed by atoms with Crippen LogP contribution in [0.25, 0.3) is 0 Å². The zero-order valence-electron chi connectivity index (χ0n) is 25.3. The van der Waals surface area contributed by atoms with Crippen molar-refractivity contribution in [1.29, 1.82) is 0 Å². The van der Waals surface area contributed by atoms with Gasteiger partial charge < -0.3 is 19.7 Å². The van der Waals surface area contributed by atoms with Crippen molar-refractivity contribution in [3.05, 3.63) is 143 Å². The van der Waals surface area contributed by atoms with Gasteiger partial charge in [-0.3, -0.25) is 9.59 Å². The topological polar surface area (TPSA) is 93.1 Å². The maximum atomic E-state index is 13.6. The predicted octanol–water partition coefficient (Wildman–Crippen LogP) is 6.04. The number of rotatable bonds is 7. The number of hydrogen-bond donors (Lipinski definition) is 2. The molecule has 0 aliphatic heterocycles. The fourth-order valence-corrected chi connectivity index (χ4v) is 7.44. The summed E-state index contributed by atoms with van der Waals surface area (Å²) in [6.07, 6.45) is 5.60. The molecule has 0 heterocycles. The average Bonchev–Trinajstić information content (AvgIpc) is 3.19. The quantitative estimate of drug-likeness (QED) is 0.198. The van der Waals surface area contributed by atoms with E-state index in [0.717, 1.165) is 16.7 Å². The van der Waals surface area contributed by atoms with Gasteiger partial charge in [-0.2, -0.15) is 0 Å². The van der Waals surface area contributed by atoms with Crippen molar-refractivity contribution < 1.29 is 29.3 Å². The molecule has 44 heavy (non-hydrogen) atoms. The lowest BCUT2D eigenvalue weighted by Crippen LogP contribution is -2.53. The van der Waals surface area contributed by atoms with E-state index < -0.39 is 40.5 Å². The summed E-state index contributed by atoms with van der Waals surface area (Å²) in [4.78, 5) is 25.5. The highest BCUT2D eigenvalue weighted by Crippen LogP contribution is 2.54. The van der Waals surface area contributed by atoms with Gasteiger partial charge in [0.05, 0.1) is 6.61 Å². The summed E-state index contributed by atoms with van der Waals surface area (Å²) in [6.45, 7) is 5.00. The Balaban J connectivity index is 1.48. The Labute approximate surface area is 258 Å². The summed E-state index contributed by atoms with van der Waals surface area (Å²) in [5, 5.41) is 24.5. The fraction of sp³-hybridized carbons (Fsp3) is 0.316. The van der Waals surface area contributed by atoms with E-state index in [2.05, 4.69) is 0 Å². The number of hydrogen-bond acceptors (Lipinski definition) is 6. The van der Waals surface area contributed by atoms with E-state index in [1.54, 1.807) is 19.1 Å². The number of carbonyl (C=O) groups excluding carboxylic acids is 2. The molecular weight excluding hydrogens is 552 g/mol. The van der Waals surface area contributed by atoms with Gasteiger partial charge in [-0.25, -0.2) is 0 Å². The van der Waals surface area contributed by atoms with Crippen molar-refractivity contribution in [3.63, 3.8) is 0 Å². The molecule has 0 bridgehead atoms. The maximum Gasteiger partial charge on any atom is 0.307 e. The number of aliphatic hydroxyl groups is 2. The molecule has 0 aromatic heterocycles. The molecule has 3 aliphatic carbocycles. The number of esters is 1. The van der Waals surface area contributed by atoms with Gasteiger partial charge >= 0.3 is 5.97 Å². The molecule has 226 valence electrons. The molecule has 0 radical (unpaired) electrons. The van der Waals surface area contributed by atoms with Crippen LogP contribution in [0, 0.1) is 17.8 Å². The van der Waals surface area contributed by atoms with E-state index >= 15 is 0 Å². The summed E-state index contributed by atoms with van der Waals surface area (Å²) in [6, 6.07) is 30.0. The van der Waals surface area contributed by atoms with Gasteiger partial charge in [-0.05, 0) is 33.9 Å². The summed E-state index contributed by atoms with van der Waals surface area (Å²) in [7, 11) is 0. The van der Waals surface area contributed by atoms with E-state index in [9.17, 15) is 19.8 Å². The standard InChI is InChI=1S/C38H38O6/c1-25-19-34-36(41,35(25)40)23-28(21-32-22-33(44-27(3)39)20-26(2)37(32,34)42)24-43-38(29-13-7-4-8-14-29,30-15-9-5-10-16-30)31-17-11-6-12-18-31/h4-21,25-26,32,41-42H,22-24H2,1-3H3/t25?,26-,32+,36-,37-/m1/s1. The first-order valence-electron chi connectivity index (χ1n) is 15.2. The first kappa shape index (κ1) is 29.9. The molecule has 2 N–H and O–H groups in total. The smallest absolute Gasteiger partial charge is 0.307 e. The lowest BCUT2D eigenvalue weighted by molar-refractivity contribution is -0.139. The molecule has 0 fully saturated rings. The van der Waals surface area contributed by atoms with Crippen LogP contribution in [-0.2, 0) is 24.7 Å². The molecule has 0 amide bonds. The van der Waals surface area contributed by atoms with Crippen molar-refractivity contribution in [1.82, 2.24) is 0 Å². The molecule has 6 rings (SSSR count). The number of benzene rings is 3. The largest absolute Gasteiger partial charge is 0.432 e. The summed E-state index contributed by atoms with van der Waals surface area (Å²) < 4.78 is 12.6. The highest BCUT2D eigenvalue weighted by atomic mass is 16.5. The molecule has 1 unspecified atom stereocenters. The van der Waals surface area contributed by atoms with Crippen LogP contribution in [0.2, 0.25) is 0 Å². The number of ether oxygens (including phenoxy) is 2. The van der Waals surface area contributed by atoms with Gasteiger partial charge in [0.25, 0.3) is 0 Å². The van der Waals surface area contributed by atoms with Gasteiger partial charge in [0.2, 0.25) is 0 Å². The number of allylic oxidation sites excluding steroid dienone is 2. The van der Waals surface area contributed by atoms with Crippen LogP contribution in [0.4, 0.5) is 0 Å². The molecule has 0 saturated carbocycles. The lowest BCUT2D eigenvalue weighted by Gasteiger charge is -2.45. The zero-order chi connectivity index (χ0) is 31.1. The molecule has 5 atom stereocenters. The number of carbonyl (C=O) groups is 2. The van der Waals surface area contributed by atoms with Gasteiger partial charge in [0, 0.05) is 37.5 Å². The Morgan fingerprint density at radius 2 is 1.36 bits per heavy atom. The van der Waals surface area contributed by atoms with Gasteiger partial charge in [-0.1, -0.05) is 117 Å². The van der Waals surface area contributed by atoms with Crippen LogP contribution >= 0.6 is 0 Å². The number of Topliss-reactive ketones (excluding diaryl/α,β-unsaturated/α-hetero) is 1. The maximum absolute atomic E-state index is 13.6.